The molecule has 5 heteroatoms. The zero-order valence-corrected chi connectivity index (χ0v) is 12.4. The predicted octanol–water partition coefficient (Wildman–Crippen LogP) is 3.74. The molecule has 1 heterocycles. The summed E-state index contributed by atoms with van der Waals surface area (Å²) in [6.45, 7) is 3.62. The third-order valence-corrected chi connectivity index (χ3v) is 3.63. The fraction of sp³-hybridized carbons (Fsp3) is 0.250. The van der Waals surface area contributed by atoms with Crippen LogP contribution in [0.15, 0.2) is 30.3 Å². The lowest BCUT2D eigenvalue weighted by atomic mass is 10.1. The Balaban J connectivity index is 1.77. The van der Waals surface area contributed by atoms with E-state index >= 15 is 0 Å². The van der Waals surface area contributed by atoms with E-state index in [4.69, 9.17) is 21.1 Å². The zero-order valence-electron chi connectivity index (χ0n) is 11.6. The highest BCUT2D eigenvalue weighted by molar-refractivity contribution is 6.32. The van der Waals surface area contributed by atoms with Crippen LogP contribution in [-0.2, 0) is 6.54 Å². The molecule has 0 aliphatic carbocycles. The van der Waals surface area contributed by atoms with E-state index < -0.39 is 0 Å². The van der Waals surface area contributed by atoms with Gasteiger partial charge in [0.25, 0.3) is 0 Å². The third-order valence-electron chi connectivity index (χ3n) is 3.35. The summed E-state index contributed by atoms with van der Waals surface area (Å²) in [5.74, 6) is 1.57. The van der Waals surface area contributed by atoms with Crippen LogP contribution in [0.4, 0.5) is 5.69 Å². The molecule has 2 aromatic carbocycles. The van der Waals surface area contributed by atoms with Crippen molar-refractivity contribution in [1.82, 2.24) is 0 Å². The molecule has 1 aliphatic heterocycles. The third kappa shape index (κ3) is 3.00. The SMILES string of the molecule is Cc1cc(O)ccc1NCc1cc(Cl)c2c(c1)OCCO2. The number of aryl methyl sites for hydroxylation is 1. The number of hydrogen-bond donors (Lipinski definition) is 2. The number of anilines is 1. The number of aromatic hydroxyl groups is 1. The number of benzene rings is 2. The first-order valence-corrected chi connectivity index (χ1v) is 7.13. The van der Waals surface area contributed by atoms with Crippen LogP contribution in [-0.4, -0.2) is 18.3 Å². The summed E-state index contributed by atoms with van der Waals surface area (Å²) in [5, 5.41) is 13.3. The number of halogens is 1. The van der Waals surface area contributed by atoms with E-state index in [1.165, 1.54) is 0 Å². The monoisotopic (exact) mass is 305 g/mol. The van der Waals surface area contributed by atoms with Crippen LogP contribution in [0.2, 0.25) is 5.02 Å². The number of phenols is 1. The quantitative estimate of drug-likeness (QED) is 0.848. The molecule has 0 bridgehead atoms. The van der Waals surface area contributed by atoms with Gasteiger partial charge in [0, 0.05) is 12.2 Å². The van der Waals surface area contributed by atoms with Crippen molar-refractivity contribution in [3.8, 4) is 17.2 Å². The molecule has 0 fully saturated rings. The van der Waals surface area contributed by atoms with E-state index in [0.29, 0.717) is 36.3 Å². The molecule has 0 atom stereocenters. The topological polar surface area (TPSA) is 50.7 Å². The van der Waals surface area contributed by atoms with Gasteiger partial charge in [-0.25, -0.2) is 0 Å². The second-order valence-electron chi connectivity index (χ2n) is 4.95. The Hall–Kier alpha value is -2.07. The molecule has 0 saturated heterocycles. The van der Waals surface area contributed by atoms with Gasteiger partial charge in [-0.3, -0.25) is 0 Å². The number of hydrogen-bond acceptors (Lipinski definition) is 4. The molecule has 0 spiro atoms. The first kappa shape index (κ1) is 13.9. The van der Waals surface area contributed by atoms with Crippen LogP contribution in [0.25, 0.3) is 0 Å². The van der Waals surface area contributed by atoms with Crippen molar-refractivity contribution >= 4 is 17.3 Å². The van der Waals surface area contributed by atoms with E-state index in [-0.39, 0.29) is 5.75 Å². The zero-order chi connectivity index (χ0) is 14.8. The second-order valence-corrected chi connectivity index (χ2v) is 5.36. The lowest BCUT2D eigenvalue weighted by Gasteiger charge is -2.20. The number of nitrogens with one attached hydrogen (secondary N) is 1. The maximum Gasteiger partial charge on any atom is 0.179 e. The first-order valence-electron chi connectivity index (χ1n) is 6.75. The van der Waals surface area contributed by atoms with Crippen molar-refractivity contribution in [2.45, 2.75) is 13.5 Å². The van der Waals surface area contributed by atoms with Gasteiger partial charge in [-0.2, -0.15) is 0 Å². The molecular weight excluding hydrogens is 290 g/mol. The van der Waals surface area contributed by atoms with Gasteiger partial charge < -0.3 is 19.9 Å². The normalized spacial score (nSPS) is 13.0. The van der Waals surface area contributed by atoms with Gasteiger partial charge in [-0.05, 0) is 48.4 Å². The van der Waals surface area contributed by atoms with Crippen LogP contribution < -0.4 is 14.8 Å². The van der Waals surface area contributed by atoms with Crippen molar-refractivity contribution in [1.29, 1.82) is 0 Å². The fourth-order valence-electron chi connectivity index (χ4n) is 2.31. The second kappa shape index (κ2) is 5.74. The minimum atomic E-state index is 0.264. The minimum absolute atomic E-state index is 0.264. The molecule has 110 valence electrons. The molecule has 1 aliphatic rings. The standard InChI is InChI=1S/C16H16ClNO3/c1-10-6-12(19)2-3-14(10)18-9-11-7-13(17)16-15(8-11)20-4-5-21-16/h2-3,6-8,18-19H,4-5,9H2,1H3. The molecular formula is C16H16ClNO3. The minimum Gasteiger partial charge on any atom is -0.508 e. The van der Waals surface area contributed by atoms with Crippen LogP contribution in [0.1, 0.15) is 11.1 Å². The van der Waals surface area contributed by atoms with Crippen molar-refractivity contribution in [3.05, 3.63) is 46.5 Å². The highest BCUT2D eigenvalue weighted by Crippen LogP contribution is 2.38. The lowest BCUT2D eigenvalue weighted by Crippen LogP contribution is -2.16. The van der Waals surface area contributed by atoms with Crippen LogP contribution >= 0.6 is 11.6 Å². The molecule has 0 aromatic heterocycles. The van der Waals surface area contributed by atoms with Crippen molar-refractivity contribution in [2.75, 3.05) is 18.5 Å². The van der Waals surface area contributed by atoms with E-state index in [2.05, 4.69) is 5.32 Å². The number of rotatable bonds is 3. The summed E-state index contributed by atoms with van der Waals surface area (Å²) >= 11 is 6.22. The Bertz CT molecular complexity index is 673. The lowest BCUT2D eigenvalue weighted by molar-refractivity contribution is 0.171. The van der Waals surface area contributed by atoms with Gasteiger partial charge in [-0.1, -0.05) is 11.6 Å². The molecule has 21 heavy (non-hydrogen) atoms. The maximum atomic E-state index is 9.42. The van der Waals surface area contributed by atoms with Gasteiger partial charge in [0.15, 0.2) is 11.5 Å². The summed E-state index contributed by atoms with van der Waals surface area (Å²) < 4.78 is 11.1. The summed E-state index contributed by atoms with van der Waals surface area (Å²) in [6, 6.07) is 9.04. The molecule has 4 nitrogen and oxygen atoms in total. The van der Waals surface area contributed by atoms with Crippen molar-refractivity contribution < 1.29 is 14.6 Å². The highest BCUT2D eigenvalue weighted by atomic mass is 35.5. The number of ether oxygens (including phenoxy) is 2. The average Bonchev–Trinajstić information content (AvgIpc) is 2.46. The summed E-state index contributed by atoms with van der Waals surface area (Å²) in [6.07, 6.45) is 0. The summed E-state index contributed by atoms with van der Waals surface area (Å²) in [4.78, 5) is 0. The fourth-order valence-corrected chi connectivity index (χ4v) is 2.60. The van der Waals surface area contributed by atoms with E-state index in [1.54, 1.807) is 12.1 Å². The Morgan fingerprint density at radius 3 is 2.81 bits per heavy atom. The first-order chi connectivity index (χ1) is 10.1. The Kier molecular flexibility index (Phi) is 3.80. The van der Waals surface area contributed by atoms with Gasteiger partial charge in [0.05, 0.1) is 5.02 Å². The van der Waals surface area contributed by atoms with E-state index in [9.17, 15) is 5.11 Å². The van der Waals surface area contributed by atoms with Gasteiger partial charge in [0.2, 0.25) is 0 Å². The Labute approximate surface area is 128 Å². The number of fused-ring (bicyclic) bond motifs is 1. The van der Waals surface area contributed by atoms with Crippen molar-refractivity contribution in [2.24, 2.45) is 0 Å². The van der Waals surface area contributed by atoms with Gasteiger partial charge in [0.1, 0.15) is 19.0 Å². The average molecular weight is 306 g/mol. The summed E-state index contributed by atoms with van der Waals surface area (Å²) in [5.41, 5.74) is 2.97. The number of phenolic OH excluding ortho intramolecular Hbond substituents is 1. The Morgan fingerprint density at radius 1 is 1.19 bits per heavy atom. The molecule has 0 amide bonds. The Morgan fingerprint density at radius 2 is 2.00 bits per heavy atom. The molecule has 0 radical (unpaired) electrons. The largest absolute Gasteiger partial charge is 0.508 e. The van der Waals surface area contributed by atoms with Crippen LogP contribution in [0, 0.1) is 6.92 Å². The summed E-state index contributed by atoms with van der Waals surface area (Å²) in [7, 11) is 0. The van der Waals surface area contributed by atoms with Crippen LogP contribution in [0.5, 0.6) is 17.2 Å². The van der Waals surface area contributed by atoms with E-state index in [0.717, 1.165) is 16.8 Å². The van der Waals surface area contributed by atoms with Crippen molar-refractivity contribution in [3.63, 3.8) is 0 Å². The van der Waals surface area contributed by atoms with Gasteiger partial charge in [-0.15, -0.1) is 0 Å². The smallest absolute Gasteiger partial charge is 0.179 e. The van der Waals surface area contributed by atoms with Crippen LogP contribution in [0.3, 0.4) is 0 Å². The maximum absolute atomic E-state index is 9.42. The highest BCUT2D eigenvalue weighted by Gasteiger charge is 2.16. The van der Waals surface area contributed by atoms with E-state index in [1.807, 2.05) is 25.1 Å². The molecule has 0 unspecified atom stereocenters. The predicted molar refractivity (Wildman–Crippen MR) is 82.6 cm³/mol. The molecule has 2 N–H and O–H groups in total. The van der Waals surface area contributed by atoms with Gasteiger partial charge >= 0.3 is 0 Å². The molecule has 0 saturated carbocycles. The molecule has 3 rings (SSSR count). The molecule has 2 aromatic rings.